The first-order valence-electron chi connectivity index (χ1n) is 10.9. The van der Waals surface area contributed by atoms with Gasteiger partial charge in [0, 0.05) is 29.7 Å². The minimum absolute atomic E-state index is 0.106. The molecule has 5 rings (SSSR count). The van der Waals surface area contributed by atoms with E-state index in [1.165, 1.54) is 6.42 Å². The third-order valence-electron chi connectivity index (χ3n) is 6.71. The van der Waals surface area contributed by atoms with Gasteiger partial charge >= 0.3 is 0 Å². The molecule has 2 aliphatic rings. The summed E-state index contributed by atoms with van der Waals surface area (Å²) in [5.74, 6) is -0.287. The number of benzene rings is 1. The SMILES string of the molecule is CC1(C(=O)NC2CCCCC2)Cn2c(cc3occc32)C(=O)N1Cc1cccc(Cl)c1. The van der Waals surface area contributed by atoms with E-state index in [0.29, 0.717) is 29.4 Å². The van der Waals surface area contributed by atoms with Crippen molar-refractivity contribution in [2.24, 2.45) is 0 Å². The molecule has 1 aliphatic carbocycles. The van der Waals surface area contributed by atoms with Gasteiger partial charge in [-0.1, -0.05) is 43.0 Å². The molecular formula is C24H26ClN3O3. The van der Waals surface area contributed by atoms with Crippen LogP contribution in [-0.4, -0.2) is 32.9 Å². The maximum Gasteiger partial charge on any atom is 0.271 e. The average molecular weight is 440 g/mol. The van der Waals surface area contributed by atoms with Crippen molar-refractivity contribution in [3.8, 4) is 0 Å². The Hall–Kier alpha value is -2.73. The summed E-state index contributed by atoms with van der Waals surface area (Å²) in [6.07, 6.45) is 7.07. The summed E-state index contributed by atoms with van der Waals surface area (Å²) in [6.45, 7) is 2.54. The van der Waals surface area contributed by atoms with Crippen molar-refractivity contribution in [2.45, 2.75) is 63.7 Å². The lowest BCUT2D eigenvalue weighted by Crippen LogP contribution is -2.64. The van der Waals surface area contributed by atoms with Crippen LogP contribution in [0, 0.1) is 0 Å². The third kappa shape index (κ3) is 3.53. The minimum atomic E-state index is -1.03. The summed E-state index contributed by atoms with van der Waals surface area (Å²) in [5, 5.41) is 3.85. The van der Waals surface area contributed by atoms with Gasteiger partial charge in [-0.05, 0) is 37.5 Å². The number of amides is 2. The molecule has 3 aromatic rings. The van der Waals surface area contributed by atoms with E-state index in [4.69, 9.17) is 16.0 Å². The van der Waals surface area contributed by atoms with Crippen LogP contribution >= 0.6 is 11.6 Å². The first kappa shape index (κ1) is 20.2. The molecule has 3 heterocycles. The number of nitrogens with zero attached hydrogens (tertiary/aromatic N) is 2. The van der Waals surface area contributed by atoms with E-state index in [0.717, 1.165) is 36.8 Å². The van der Waals surface area contributed by atoms with E-state index in [1.54, 1.807) is 23.3 Å². The molecule has 1 unspecified atom stereocenters. The highest BCUT2D eigenvalue weighted by atomic mass is 35.5. The van der Waals surface area contributed by atoms with Crippen LogP contribution in [0.2, 0.25) is 5.02 Å². The Bertz CT molecular complexity index is 1140. The maximum atomic E-state index is 13.6. The number of aromatic nitrogens is 1. The van der Waals surface area contributed by atoms with Gasteiger partial charge in [0.1, 0.15) is 11.2 Å². The molecule has 0 spiro atoms. The largest absolute Gasteiger partial charge is 0.463 e. The van der Waals surface area contributed by atoms with Gasteiger partial charge in [-0.2, -0.15) is 0 Å². The van der Waals surface area contributed by atoms with Crippen LogP contribution in [0.5, 0.6) is 0 Å². The molecule has 0 bridgehead atoms. The summed E-state index contributed by atoms with van der Waals surface area (Å²) in [4.78, 5) is 29.0. The minimum Gasteiger partial charge on any atom is -0.463 e. The predicted octanol–water partition coefficient (Wildman–Crippen LogP) is 4.75. The van der Waals surface area contributed by atoms with Gasteiger partial charge in [-0.3, -0.25) is 9.59 Å². The Morgan fingerprint density at radius 1 is 1.23 bits per heavy atom. The molecule has 1 saturated carbocycles. The van der Waals surface area contributed by atoms with Crippen LogP contribution in [-0.2, 0) is 17.9 Å². The smallest absolute Gasteiger partial charge is 0.271 e. The molecule has 1 aliphatic heterocycles. The zero-order valence-corrected chi connectivity index (χ0v) is 18.3. The zero-order valence-electron chi connectivity index (χ0n) is 17.6. The van der Waals surface area contributed by atoms with Crippen molar-refractivity contribution in [3.05, 3.63) is 58.9 Å². The Kier molecular flexibility index (Phi) is 5.05. The summed E-state index contributed by atoms with van der Waals surface area (Å²) in [7, 11) is 0. The highest BCUT2D eigenvalue weighted by Crippen LogP contribution is 2.34. The van der Waals surface area contributed by atoms with Gasteiger partial charge in [0.05, 0.1) is 18.3 Å². The molecule has 7 heteroatoms. The Morgan fingerprint density at radius 2 is 2.03 bits per heavy atom. The van der Waals surface area contributed by atoms with Crippen molar-refractivity contribution < 1.29 is 14.0 Å². The summed E-state index contributed by atoms with van der Waals surface area (Å²) < 4.78 is 7.44. The average Bonchev–Trinajstić information content (AvgIpc) is 3.34. The van der Waals surface area contributed by atoms with Gasteiger partial charge in [0.15, 0.2) is 5.58 Å². The number of halogens is 1. The highest BCUT2D eigenvalue weighted by molar-refractivity contribution is 6.30. The van der Waals surface area contributed by atoms with E-state index in [1.807, 2.05) is 35.8 Å². The fourth-order valence-electron chi connectivity index (χ4n) is 4.93. The van der Waals surface area contributed by atoms with Crippen LogP contribution in [0.3, 0.4) is 0 Å². The number of carbonyl (C=O) groups excluding carboxylic acids is 2. The molecular weight excluding hydrogens is 414 g/mol. The molecule has 0 radical (unpaired) electrons. The molecule has 0 saturated heterocycles. The number of hydrogen-bond acceptors (Lipinski definition) is 3. The van der Waals surface area contributed by atoms with Gasteiger partial charge in [-0.15, -0.1) is 0 Å². The zero-order chi connectivity index (χ0) is 21.6. The lowest BCUT2D eigenvalue weighted by Gasteiger charge is -2.44. The van der Waals surface area contributed by atoms with Gasteiger partial charge in [-0.25, -0.2) is 0 Å². The number of rotatable bonds is 4. The molecule has 2 amide bonds. The fourth-order valence-corrected chi connectivity index (χ4v) is 5.14. The van der Waals surface area contributed by atoms with Crippen LogP contribution in [0.25, 0.3) is 11.1 Å². The maximum absolute atomic E-state index is 13.6. The number of furan rings is 1. The molecule has 6 nitrogen and oxygen atoms in total. The van der Waals surface area contributed by atoms with E-state index in [-0.39, 0.29) is 17.9 Å². The van der Waals surface area contributed by atoms with Gasteiger partial charge in [0.25, 0.3) is 5.91 Å². The van der Waals surface area contributed by atoms with Crippen LogP contribution in [0.1, 0.15) is 55.1 Å². The molecule has 2 aromatic heterocycles. The standard InChI is InChI=1S/C24H26ClN3O3/c1-24(23(30)26-18-8-3-2-4-9-18)15-27-19-10-11-31-21(19)13-20(27)22(29)28(24)14-16-6-5-7-17(25)12-16/h5-7,10-13,18H,2-4,8-9,14-15H2,1H3,(H,26,30). The first-order valence-corrected chi connectivity index (χ1v) is 11.3. The Labute approximate surface area is 186 Å². The molecule has 162 valence electrons. The fraction of sp³-hybridized carbons (Fsp3) is 0.417. The lowest BCUT2D eigenvalue weighted by atomic mass is 9.91. The molecule has 1 atom stereocenters. The topological polar surface area (TPSA) is 67.5 Å². The molecule has 1 N–H and O–H groups in total. The van der Waals surface area contributed by atoms with Crippen LogP contribution in [0.15, 0.2) is 47.1 Å². The van der Waals surface area contributed by atoms with Crippen molar-refractivity contribution in [1.29, 1.82) is 0 Å². The number of nitrogens with one attached hydrogen (secondary N) is 1. The van der Waals surface area contributed by atoms with Gasteiger partial charge in [0.2, 0.25) is 5.91 Å². The van der Waals surface area contributed by atoms with Crippen molar-refractivity contribution in [3.63, 3.8) is 0 Å². The van der Waals surface area contributed by atoms with Crippen molar-refractivity contribution >= 4 is 34.5 Å². The number of fused-ring (bicyclic) bond motifs is 3. The second-order valence-electron chi connectivity index (χ2n) is 8.89. The monoisotopic (exact) mass is 439 g/mol. The first-order chi connectivity index (χ1) is 15.0. The normalized spacial score (nSPS) is 22.0. The van der Waals surface area contributed by atoms with E-state index in [2.05, 4.69) is 5.32 Å². The molecule has 31 heavy (non-hydrogen) atoms. The Balaban J connectivity index is 1.53. The predicted molar refractivity (Wildman–Crippen MR) is 119 cm³/mol. The van der Waals surface area contributed by atoms with E-state index in [9.17, 15) is 9.59 Å². The second kappa shape index (κ2) is 7.75. The lowest BCUT2D eigenvalue weighted by molar-refractivity contribution is -0.134. The second-order valence-corrected chi connectivity index (χ2v) is 9.33. The number of hydrogen-bond donors (Lipinski definition) is 1. The molecule has 1 aromatic carbocycles. The quantitative estimate of drug-likeness (QED) is 0.637. The van der Waals surface area contributed by atoms with Gasteiger partial charge < -0.3 is 19.2 Å². The van der Waals surface area contributed by atoms with Crippen LogP contribution in [0.4, 0.5) is 0 Å². The number of carbonyl (C=O) groups is 2. The summed E-state index contributed by atoms with van der Waals surface area (Å²) in [5.41, 5.74) is 1.89. The van der Waals surface area contributed by atoms with Crippen molar-refractivity contribution in [2.75, 3.05) is 0 Å². The van der Waals surface area contributed by atoms with Crippen molar-refractivity contribution in [1.82, 2.24) is 14.8 Å². The summed E-state index contributed by atoms with van der Waals surface area (Å²) in [6, 6.07) is 11.2. The van der Waals surface area contributed by atoms with E-state index < -0.39 is 5.54 Å². The summed E-state index contributed by atoms with van der Waals surface area (Å²) >= 11 is 6.18. The highest BCUT2D eigenvalue weighted by Gasteiger charge is 2.48. The third-order valence-corrected chi connectivity index (χ3v) is 6.94. The van der Waals surface area contributed by atoms with Crippen LogP contribution < -0.4 is 5.32 Å². The molecule has 1 fully saturated rings. The Morgan fingerprint density at radius 3 is 2.81 bits per heavy atom. The van der Waals surface area contributed by atoms with E-state index >= 15 is 0 Å².